The van der Waals surface area contributed by atoms with Gasteiger partial charge in [-0.05, 0) is 0 Å². The van der Waals surface area contributed by atoms with E-state index in [1.54, 1.807) is 0 Å². The van der Waals surface area contributed by atoms with Crippen molar-refractivity contribution in [2.45, 2.75) is 0 Å². The fourth-order valence-electron chi connectivity index (χ4n) is 0.0833. The van der Waals surface area contributed by atoms with E-state index >= 15 is 0 Å². The molecule has 0 aliphatic heterocycles. The molecule has 0 nitrogen and oxygen atoms in total. The van der Waals surface area contributed by atoms with Crippen LogP contribution in [0.1, 0.15) is 0 Å². The summed E-state index contributed by atoms with van der Waals surface area (Å²) in [4.78, 5) is 0. The van der Waals surface area contributed by atoms with Crippen LogP contribution < -0.4 is 0 Å². The molecule has 0 aromatic rings. The van der Waals surface area contributed by atoms with Gasteiger partial charge in [-0.15, -0.1) is 24.8 Å². The first kappa shape index (κ1) is 15.7. The van der Waals surface area contributed by atoms with Crippen molar-refractivity contribution in [3.63, 3.8) is 0 Å². The summed E-state index contributed by atoms with van der Waals surface area (Å²) in [6.45, 7) is 7.11. The number of hydrogen-bond donors (Lipinski definition) is 0. The van der Waals surface area contributed by atoms with Gasteiger partial charge in [-0.3, -0.25) is 0 Å². The zero-order chi connectivity index (χ0) is 4.12. The Morgan fingerprint density at radius 2 is 1.29 bits per heavy atom. The van der Waals surface area contributed by atoms with Crippen LogP contribution in [0, 0.1) is 0 Å². The topological polar surface area (TPSA) is 0 Å². The van der Waals surface area contributed by atoms with E-state index < -0.39 is 0 Å². The Balaban J connectivity index is -0.0000000800. The second-order valence-corrected chi connectivity index (χ2v) is 3.86. The van der Waals surface area contributed by atoms with Crippen molar-refractivity contribution < 1.29 is 0 Å². The van der Waals surface area contributed by atoms with E-state index in [1.165, 1.54) is 0 Å². The molecule has 0 aliphatic rings. The molecular formula is C4H8Cl2Sn. The Morgan fingerprint density at radius 3 is 1.29 bits per heavy atom. The zero-order valence-corrected chi connectivity index (χ0v) is 8.37. The molecule has 0 fully saturated rings. The van der Waals surface area contributed by atoms with Crippen molar-refractivity contribution in [2.24, 2.45) is 0 Å². The number of rotatable bonds is 2. The minimum Gasteiger partial charge on any atom is -0.147 e. The van der Waals surface area contributed by atoms with Crippen LogP contribution in [0.2, 0.25) is 0 Å². The molecule has 0 spiro atoms. The Bertz CT molecular complexity index is 39.0. The van der Waals surface area contributed by atoms with Crippen molar-refractivity contribution in [2.75, 3.05) is 0 Å². The third-order valence-corrected chi connectivity index (χ3v) is 1.58. The fraction of sp³-hybridized carbons (Fsp3) is 0. The molecule has 0 amide bonds. The molecule has 0 rings (SSSR count). The summed E-state index contributed by atoms with van der Waals surface area (Å²) in [6.07, 6.45) is 0. The molecule has 0 saturated carbocycles. The summed E-state index contributed by atoms with van der Waals surface area (Å²) >= 11 is -0.254. The zero-order valence-electron chi connectivity index (χ0n) is 3.89. The van der Waals surface area contributed by atoms with E-state index in [1.807, 2.05) is 8.18 Å². The van der Waals surface area contributed by atoms with Crippen LogP contribution in [0.5, 0.6) is 0 Å². The summed E-state index contributed by atoms with van der Waals surface area (Å²) in [5, 5.41) is 0. The van der Waals surface area contributed by atoms with Gasteiger partial charge in [0.2, 0.25) is 0 Å². The standard InChI is InChI=1S/2C2H3.2ClH.Sn/c2*1-2;;;/h2*1H,2H2;2*1H;. The quantitative estimate of drug-likeness (QED) is 0.651. The Labute approximate surface area is 67.1 Å². The minimum atomic E-state index is -0.254. The summed E-state index contributed by atoms with van der Waals surface area (Å²) in [7, 11) is 0. The van der Waals surface area contributed by atoms with Gasteiger partial charge >= 0.3 is 42.5 Å². The SMILES string of the molecule is C=[CH][Sn][CH]=C.Cl.Cl. The molecular weight excluding hydrogens is 238 g/mol. The van der Waals surface area contributed by atoms with Gasteiger partial charge in [-0.1, -0.05) is 0 Å². The molecule has 0 bridgehead atoms. The Kier molecular flexibility index (Phi) is 35.4. The predicted octanol–water partition coefficient (Wildman–Crippen LogP) is 1.82. The van der Waals surface area contributed by atoms with Gasteiger partial charge in [0, 0.05) is 0 Å². The molecule has 0 atom stereocenters. The first-order valence-corrected chi connectivity index (χ1v) is 4.69. The van der Waals surface area contributed by atoms with Gasteiger partial charge in [0.25, 0.3) is 0 Å². The van der Waals surface area contributed by atoms with Gasteiger partial charge in [-0.25, -0.2) is 0 Å². The van der Waals surface area contributed by atoms with Gasteiger partial charge in [0.05, 0.1) is 0 Å². The minimum absolute atomic E-state index is 0. The van der Waals surface area contributed by atoms with Crippen LogP contribution in [0.15, 0.2) is 21.3 Å². The normalized spacial score (nSPS) is 4.57. The van der Waals surface area contributed by atoms with E-state index in [-0.39, 0.29) is 46.0 Å². The average molecular weight is 246 g/mol. The van der Waals surface area contributed by atoms with Gasteiger partial charge in [0.15, 0.2) is 0 Å². The second-order valence-electron chi connectivity index (χ2n) is 0.575. The molecule has 0 saturated heterocycles. The van der Waals surface area contributed by atoms with Crippen LogP contribution in [-0.4, -0.2) is 21.1 Å². The van der Waals surface area contributed by atoms with Crippen molar-refractivity contribution in [1.82, 2.24) is 0 Å². The summed E-state index contributed by atoms with van der Waals surface area (Å²) < 4.78 is 3.96. The van der Waals surface area contributed by atoms with Gasteiger partial charge < -0.3 is 0 Å². The maximum Gasteiger partial charge on any atom is -0.147 e. The summed E-state index contributed by atoms with van der Waals surface area (Å²) in [5.74, 6) is 0. The third kappa shape index (κ3) is 19.8. The van der Waals surface area contributed by atoms with Gasteiger partial charge in [-0.2, -0.15) is 0 Å². The van der Waals surface area contributed by atoms with Crippen molar-refractivity contribution in [3.05, 3.63) is 21.3 Å². The largest absolute Gasteiger partial charge is 0.147 e. The van der Waals surface area contributed by atoms with E-state index in [9.17, 15) is 0 Å². The Hall–Kier alpha value is 0.859. The molecule has 42 valence electrons. The van der Waals surface area contributed by atoms with Crippen LogP contribution in [-0.2, 0) is 0 Å². The second kappa shape index (κ2) is 15.8. The first-order chi connectivity index (χ1) is 2.41. The third-order valence-electron chi connectivity index (χ3n) is 0.236. The molecule has 0 aliphatic carbocycles. The monoisotopic (exact) mass is 246 g/mol. The maximum absolute atomic E-state index is 3.55. The number of hydrogen-bond acceptors (Lipinski definition) is 0. The van der Waals surface area contributed by atoms with E-state index in [4.69, 9.17) is 0 Å². The smallest absolute Gasteiger partial charge is 0.147 e. The fourth-order valence-corrected chi connectivity index (χ4v) is 0.559. The maximum atomic E-state index is 3.55. The van der Waals surface area contributed by atoms with Gasteiger partial charge in [0.1, 0.15) is 0 Å². The average Bonchev–Trinajstić information content (AvgIpc) is 1.41. The van der Waals surface area contributed by atoms with Crippen molar-refractivity contribution in [1.29, 1.82) is 0 Å². The first-order valence-electron chi connectivity index (χ1n) is 1.39. The van der Waals surface area contributed by atoms with Crippen LogP contribution in [0.25, 0.3) is 0 Å². The molecule has 0 heterocycles. The van der Waals surface area contributed by atoms with Crippen molar-refractivity contribution in [3.8, 4) is 0 Å². The van der Waals surface area contributed by atoms with Crippen LogP contribution >= 0.6 is 24.8 Å². The molecule has 0 aromatic carbocycles. The van der Waals surface area contributed by atoms with E-state index in [2.05, 4.69) is 13.2 Å². The molecule has 0 N–H and O–H groups in total. The Morgan fingerprint density at radius 1 is 1.00 bits per heavy atom. The molecule has 0 unspecified atom stereocenters. The summed E-state index contributed by atoms with van der Waals surface area (Å²) in [6, 6.07) is 0. The molecule has 0 aromatic heterocycles. The van der Waals surface area contributed by atoms with E-state index in [0.29, 0.717) is 0 Å². The summed E-state index contributed by atoms with van der Waals surface area (Å²) in [5.41, 5.74) is 0. The van der Waals surface area contributed by atoms with Crippen LogP contribution in [0.4, 0.5) is 0 Å². The predicted molar refractivity (Wildman–Crippen MR) is 40.6 cm³/mol. The van der Waals surface area contributed by atoms with Crippen molar-refractivity contribution >= 4 is 46.0 Å². The van der Waals surface area contributed by atoms with Crippen LogP contribution in [0.3, 0.4) is 0 Å². The number of halogens is 2. The molecule has 7 heavy (non-hydrogen) atoms. The molecule has 3 heteroatoms. The molecule has 2 radical (unpaired) electrons. The van der Waals surface area contributed by atoms with E-state index in [0.717, 1.165) is 0 Å².